The molecule has 0 spiro atoms. The number of carbonyl (C=O) groups is 1. The molecule has 2 rings (SSSR count). The molecule has 5 nitrogen and oxygen atoms in total. The molecule has 1 fully saturated rings. The van der Waals surface area contributed by atoms with Gasteiger partial charge in [0.1, 0.15) is 12.4 Å². The molecule has 0 aliphatic carbocycles. The van der Waals surface area contributed by atoms with Gasteiger partial charge in [0.25, 0.3) is 5.91 Å². The SMILES string of the molecule is O=C1NOCC1N=Cc1ccccc1O. The van der Waals surface area contributed by atoms with Crippen molar-refractivity contribution >= 4 is 12.1 Å². The van der Waals surface area contributed by atoms with Crippen LogP contribution >= 0.6 is 0 Å². The minimum Gasteiger partial charge on any atom is -0.507 e. The minimum absolute atomic E-state index is 0.139. The lowest BCUT2D eigenvalue weighted by molar-refractivity contribution is -0.124. The van der Waals surface area contributed by atoms with Gasteiger partial charge in [-0.2, -0.15) is 0 Å². The lowest BCUT2D eigenvalue weighted by atomic mass is 10.2. The van der Waals surface area contributed by atoms with E-state index in [-0.39, 0.29) is 18.3 Å². The Balaban J connectivity index is 2.11. The van der Waals surface area contributed by atoms with Gasteiger partial charge in [0.2, 0.25) is 0 Å². The molecule has 15 heavy (non-hydrogen) atoms. The third-order valence-electron chi connectivity index (χ3n) is 2.05. The molecule has 2 N–H and O–H groups in total. The lowest BCUT2D eigenvalue weighted by Gasteiger charge is -1.98. The highest BCUT2D eigenvalue weighted by Gasteiger charge is 2.23. The average Bonchev–Trinajstić information content (AvgIpc) is 2.63. The van der Waals surface area contributed by atoms with Crippen LogP contribution in [0.15, 0.2) is 29.3 Å². The maximum atomic E-state index is 11.1. The van der Waals surface area contributed by atoms with Crippen molar-refractivity contribution in [2.24, 2.45) is 4.99 Å². The zero-order chi connectivity index (χ0) is 10.7. The van der Waals surface area contributed by atoms with E-state index in [4.69, 9.17) is 4.84 Å². The van der Waals surface area contributed by atoms with Crippen LogP contribution < -0.4 is 5.48 Å². The Morgan fingerprint density at radius 3 is 3.00 bits per heavy atom. The number of phenols is 1. The summed E-state index contributed by atoms with van der Waals surface area (Å²) in [7, 11) is 0. The molecule has 1 unspecified atom stereocenters. The van der Waals surface area contributed by atoms with Crippen LogP contribution in [-0.2, 0) is 9.63 Å². The third kappa shape index (κ3) is 2.13. The molecule has 1 aliphatic heterocycles. The first kappa shape index (κ1) is 9.67. The molecule has 1 amide bonds. The molecule has 1 atom stereocenters. The fourth-order valence-electron chi connectivity index (χ4n) is 1.21. The zero-order valence-corrected chi connectivity index (χ0v) is 7.88. The van der Waals surface area contributed by atoms with E-state index in [1.54, 1.807) is 24.3 Å². The number of rotatable bonds is 2. The summed E-state index contributed by atoms with van der Waals surface area (Å²) < 4.78 is 0. The quantitative estimate of drug-likeness (QED) is 0.681. The maximum absolute atomic E-state index is 11.1. The second-order valence-corrected chi connectivity index (χ2v) is 3.13. The van der Waals surface area contributed by atoms with Crippen LogP contribution in [0.25, 0.3) is 0 Å². The van der Waals surface area contributed by atoms with Gasteiger partial charge < -0.3 is 5.11 Å². The van der Waals surface area contributed by atoms with Gasteiger partial charge in [-0.3, -0.25) is 14.6 Å². The largest absolute Gasteiger partial charge is 0.507 e. The van der Waals surface area contributed by atoms with Crippen molar-refractivity contribution in [3.8, 4) is 5.75 Å². The number of para-hydroxylation sites is 1. The predicted molar refractivity (Wildman–Crippen MR) is 53.6 cm³/mol. The van der Waals surface area contributed by atoms with Gasteiger partial charge in [-0.15, -0.1) is 0 Å². The first-order chi connectivity index (χ1) is 7.27. The van der Waals surface area contributed by atoms with Gasteiger partial charge in [-0.25, -0.2) is 5.48 Å². The molecule has 1 aromatic carbocycles. The topological polar surface area (TPSA) is 70.9 Å². The van der Waals surface area contributed by atoms with Crippen LogP contribution in [0.1, 0.15) is 5.56 Å². The normalized spacial score (nSPS) is 20.8. The van der Waals surface area contributed by atoms with Crippen LogP contribution in [0.4, 0.5) is 0 Å². The number of aliphatic imine (C=N–C) groups is 1. The molecular formula is C10H10N2O3. The summed E-state index contributed by atoms with van der Waals surface area (Å²) in [6, 6.07) is 6.26. The highest BCUT2D eigenvalue weighted by atomic mass is 16.7. The molecule has 78 valence electrons. The van der Waals surface area contributed by atoms with E-state index in [2.05, 4.69) is 10.5 Å². The summed E-state index contributed by atoms with van der Waals surface area (Å²) in [5.41, 5.74) is 2.79. The van der Waals surface area contributed by atoms with Gasteiger partial charge in [0.15, 0.2) is 6.04 Å². The Morgan fingerprint density at radius 1 is 1.53 bits per heavy atom. The predicted octanol–water partition coefficient (Wildman–Crippen LogP) is 0.241. The number of nitrogens with one attached hydrogen (secondary N) is 1. The van der Waals surface area contributed by atoms with Crippen molar-refractivity contribution in [3.63, 3.8) is 0 Å². The molecule has 5 heteroatoms. The van der Waals surface area contributed by atoms with Crippen LogP contribution in [0.5, 0.6) is 5.75 Å². The third-order valence-corrected chi connectivity index (χ3v) is 2.05. The van der Waals surface area contributed by atoms with E-state index < -0.39 is 6.04 Å². The van der Waals surface area contributed by atoms with E-state index in [1.165, 1.54) is 6.21 Å². The summed E-state index contributed by atoms with van der Waals surface area (Å²) in [5, 5.41) is 9.43. The molecular weight excluding hydrogens is 196 g/mol. The molecule has 1 heterocycles. The first-order valence-electron chi connectivity index (χ1n) is 4.50. The van der Waals surface area contributed by atoms with Crippen molar-refractivity contribution in [1.82, 2.24) is 5.48 Å². The van der Waals surface area contributed by atoms with Crippen LogP contribution in [0.2, 0.25) is 0 Å². The number of carbonyl (C=O) groups excluding carboxylic acids is 1. The number of nitrogens with zero attached hydrogens (tertiary/aromatic N) is 1. The highest BCUT2D eigenvalue weighted by Crippen LogP contribution is 2.13. The van der Waals surface area contributed by atoms with E-state index in [1.807, 2.05) is 0 Å². The molecule has 0 aromatic heterocycles. The smallest absolute Gasteiger partial charge is 0.270 e. The molecule has 1 saturated heterocycles. The number of hydrogen-bond acceptors (Lipinski definition) is 4. The number of hydrogen-bond donors (Lipinski definition) is 2. The van der Waals surface area contributed by atoms with Gasteiger partial charge in [-0.1, -0.05) is 12.1 Å². The van der Waals surface area contributed by atoms with Crippen molar-refractivity contribution in [2.45, 2.75) is 6.04 Å². The van der Waals surface area contributed by atoms with Gasteiger partial charge in [-0.05, 0) is 12.1 Å². The van der Waals surface area contributed by atoms with Crippen molar-refractivity contribution in [2.75, 3.05) is 6.61 Å². The summed E-state index contributed by atoms with van der Waals surface area (Å²) in [5.74, 6) is -0.123. The Hall–Kier alpha value is -1.88. The van der Waals surface area contributed by atoms with Gasteiger partial charge >= 0.3 is 0 Å². The van der Waals surface area contributed by atoms with E-state index in [9.17, 15) is 9.90 Å². The molecule has 0 bridgehead atoms. The summed E-state index contributed by atoms with van der Waals surface area (Å²) in [6.45, 7) is 0.225. The number of aromatic hydroxyl groups is 1. The minimum atomic E-state index is -0.524. The molecule has 1 aliphatic rings. The molecule has 0 radical (unpaired) electrons. The average molecular weight is 206 g/mol. The van der Waals surface area contributed by atoms with Crippen molar-refractivity contribution in [3.05, 3.63) is 29.8 Å². The lowest BCUT2D eigenvalue weighted by Crippen LogP contribution is -2.21. The van der Waals surface area contributed by atoms with Gasteiger partial charge in [0, 0.05) is 11.8 Å². The number of amides is 1. The monoisotopic (exact) mass is 206 g/mol. The Morgan fingerprint density at radius 2 is 2.33 bits per heavy atom. The van der Waals surface area contributed by atoms with Crippen LogP contribution in [0, 0.1) is 0 Å². The Bertz CT molecular complexity index is 403. The van der Waals surface area contributed by atoms with E-state index in [0.717, 1.165) is 0 Å². The first-order valence-corrected chi connectivity index (χ1v) is 4.50. The second-order valence-electron chi connectivity index (χ2n) is 3.13. The maximum Gasteiger partial charge on any atom is 0.270 e. The second kappa shape index (κ2) is 4.10. The number of phenolic OH excluding ortho intramolecular Hbond substituents is 1. The number of benzene rings is 1. The fraction of sp³-hybridized carbons (Fsp3) is 0.200. The summed E-state index contributed by atoms with van der Waals surface area (Å²) >= 11 is 0. The Kier molecular flexibility index (Phi) is 2.64. The Labute approximate surface area is 86.4 Å². The van der Waals surface area contributed by atoms with E-state index in [0.29, 0.717) is 5.56 Å². The van der Waals surface area contributed by atoms with Crippen LogP contribution in [-0.4, -0.2) is 29.9 Å². The van der Waals surface area contributed by atoms with Crippen molar-refractivity contribution in [1.29, 1.82) is 0 Å². The number of hydroxylamine groups is 1. The molecule has 0 saturated carbocycles. The fourth-order valence-corrected chi connectivity index (χ4v) is 1.21. The molecule has 1 aromatic rings. The highest BCUT2D eigenvalue weighted by molar-refractivity contribution is 5.88. The van der Waals surface area contributed by atoms with Crippen molar-refractivity contribution < 1.29 is 14.7 Å². The van der Waals surface area contributed by atoms with Gasteiger partial charge in [0.05, 0.1) is 0 Å². The zero-order valence-electron chi connectivity index (χ0n) is 7.88. The van der Waals surface area contributed by atoms with Crippen LogP contribution in [0.3, 0.4) is 0 Å². The van der Waals surface area contributed by atoms with E-state index >= 15 is 0 Å². The summed E-state index contributed by atoms with van der Waals surface area (Å²) in [4.78, 5) is 19.8. The summed E-state index contributed by atoms with van der Waals surface area (Å²) in [6.07, 6.45) is 1.47. The standard InChI is InChI=1S/C10H10N2O3/c13-9-4-2-1-3-7(9)5-11-8-6-15-12-10(8)14/h1-5,8,13H,6H2,(H,12,14).